The molecule has 0 spiro atoms. The van der Waals surface area contributed by atoms with Crippen LogP contribution >= 0.6 is 0 Å². The van der Waals surface area contributed by atoms with Gasteiger partial charge in [-0.05, 0) is 25.0 Å². The minimum atomic E-state index is 0.142. The van der Waals surface area contributed by atoms with E-state index in [2.05, 4.69) is 4.98 Å². The Morgan fingerprint density at radius 1 is 1.36 bits per heavy atom. The Labute approximate surface area is 82.7 Å². The van der Waals surface area contributed by atoms with Gasteiger partial charge in [-0.2, -0.15) is 0 Å². The summed E-state index contributed by atoms with van der Waals surface area (Å²) in [6.07, 6.45) is 3.68. The predicted octanol–water partition coefficient (Wildman–Crippen LogP) is 1.21. The number of nitrogens with zero attached hydrogens (tertiary/aromatic N) is 2. The lowest BCUT2D eigenvalue weighted by molar-refractivity contribution is 0.472. The van der Waals surface area contributed by atoms with Crippen LogP contribution in [0.3, 0.4) is 0 Å². The van der Waals surface area contributed by atoms with Gasteiger partial charge < -0.3 is 10.0 Å². The maximum absolute atomic E-state index is 9.06. The van der Waals surface area contributed by atoms with E-state index in [1.54, 1.807) is 12.1 Å². The lowest BCUT2D eigenvalue weighted by Gasteiger charge is -2.17. The molecule has 0 amide bonds. The molecule has 1 aromatic rings. The molecule has 1 aromatic heterocycles. The molecule has 74 valence electrons. The van der Waals surface area contributed by atoms with Gasteiger partial charge in [0.2, 0.25) is 0 Å². The average Bonchev–Trinajstić information content (AvgIpc) is 2.71. The summed E-state index contributed by atoms with van der Waals surface area (Å²) in [6, 6.07) is 3.24. The van der Waals surface area contributed by atoms with Crippen molar-refractivity contribution in [2.45, 2.75) is 12.8 Å². The summed E-state index contributed by atoms with van der Waals surface area (Å²) >= 11 is 0. The van der Waals surface area contributed by atoms with E-state index < -0.39 is 0 Å². The van der Waals surface area contributed by atoms with Crippen molar-refractivity contribution in [2.24, 2.45) is 0 Å². The molecule has 1 aliphatic rings. The number of pyridine rings is 1. The van der Waals surface area contributed by atoms with Crippen LogP contribution in [0.1, 0.15) is 18.5 Å². The Balaban J connectivity index is 2.14. The Kier molecular flexibility index (Phi) is 2.35. The molecule has 0 atom stereocenters. The number of hydrogen-bond acceptors (Lipinski definition) is 3. The van der Waals surface area contributed by atoms with Crippen molar-refractivity contribution < 1.29 is 5.11 Å². The first-order chi connectivity index (χ1) is 6.77. The highest BCUT2D eigenvalue weighted by molar-refractivity contribution is 5.94. The zero-order valence-corrected chi connectivity index (χ0v) is 7.90. The van der Waals surface area contributed by atoms with E-state index in [0.29, 0.717) is 11.5 Å². The van der Waals surface area contributed by atoms with Gasteiger partial charge >= 0.3 is 0 Å². The molecule has 2 rings (SSSR count). The Morgan fingerprint density at radius 2 is 2.07 bits per heavy atom. The fourth-order valence-corrected chi connectivity index (χ4v) is 1.63. The van der Waals surface area contributed by atoms with E-state index in [-0.39, 0.29) is 5.75 Å². The zero-order valence-electron chi connectivity index (χ0n) is 7.90. The van der Waals surface area contributed by atoms with Gasteiger partial charge in [0.05, 0.1) is 6.20 Å². The van der Waals surface area contributed by atoms with Crippen LogP contribution < -0.4 is 0 Å². The van der Waals surface area contributed by atoms with Crippen LogP contribution in [0.2, 0.25) is 0 Å². The second-order valence-electron chi connectivity index (χ2n) is 3.44. The van der Waals surface area contributed by atoms with Crippen molar-refractivity contribution in [1.29, 1.82) is 5.41 Å². The highest BCUT2D eigenvalue weighted by atomic mass is 16.3. The molecule has 0 saturated carbocycles. The van der Waals surface area contributed by atoms with Gasteiger partial charge in [0.15, 0.2) is 0 Å². The monoisotopic (exact) mass is 191 g/mol. The fraction of sp³-hybridized carbons (Fsp3) is 0.400. The van der Waals surface area contributed by atoms with Crippen molar-refractivity contribution >= 4 is 5.84 Å². The SMILES string of the molecule is N=C(c1ccc(O)cn1)N1CCCC1. The molecule has 0 unspecified atom stereocenters. The largest absolute Gasteiger partial charge is 0.506 e. The van der Waals surface area contributed by atoms with Crippen LogP contribution in [-0.2, 0) is 0 Å². The molecule has 4 nitrogen and oxygen atoms in total. The number of aromatic hydroxyl groups is 1. The second kappa shape index (κ2) is 3.65. The zero-order chi connectivity index (χ0) is 9.97. The van der Waals surface area contributed by atoms with E-state index >= 15 is 0 Å². The highest BCUT2D eigenvalue weighted by Crippen LogP contribution is 2.13. The maximum atomic E-state index is 9.06. The quantitative estimate of drug-likeness (QED) is 0.518. The third-order valence-corrected chi connectivity index (χ3v) is 2.41. The smallest absolute Gasteiger partial charge is 0.147 e. The average molecular weight is 191 g/mol. The van der Waals surface area contributed by atoms with Crippen molar-refractivity contribution in [1.82, 2.24) is 9.88 Å². The number of nitrogens with one attached hydrogen (secondary N) is 1. The first kappa shape index (κ1) is 8.99. The van der Waals surface area contributed by atoms with Crippen LogP contribution in [0.5, 0.6) is 5.75 Å². The van der Waals surface area contributed by atoms with Crippen LogP contribution in [0.25, 0.3) is 0 Å². The molecule has 0 aliphatic carbocycles. The van der Waals surface area contributed by atoms with Crippen molar-refractivity contribution in [2.75, 3.05) is 13.1 Å². The summed E-state index contributed by atoms with van der Waals surface area (Å²) < 4.78 is 0. The molecule has 0 bridgehead atoms. The summed E-state index contributed by atoms with van der Waals surface area (Å²) in [5.41, 5.74) is 0.629. The lowest BCUT2D eigenvalue weighted by atomic mass is 10.3. The molecule has 1 fully saturated rings. The Morgan fingerprint density at radius 3 is 2.64 bits per heavy atom. The van der Waals surface area contributed by atoms with Crippen molar-refractivity contribution in [3.63, 3.8) is 0 Å². The van der Waals surface area contributed by atoms with E-state index in [0.717, 1.165) is 25.9 Å². The summed E-state index contributed by atoms with van der Waals surface area (Å²) in [6.45, 7) is 1.89. The topological polar surface area (TPSA) is 60.2 Å². The van der Waals surface area contributed by atoms with Gasteiger partial charge in [0.25, 0.3) is 0 Å². The molecule has 0 aromatic carbocycles. The fourth-order valence-electron chi connectivity index (χ4n) is 1.63. The molecule has 1 aliphatic heterocycles. The number of aromatic nitrogens is 1. The molecule has 1 saturated heterocycles. The highest BCUT2D eigenvalue weighted by Gasteiger charge is 2.16. The van der Waals surface area contributed by atoms with Crippen LogP contribution in [0, 0.1) is 5.41 Å². The number of likely N-dealkylation sites (tertiary alicyclic amines) is 1. The molecular formula is C10H13N3O. The molecule has 14 heavy (non-hydrogen) atoms. The van der Waals surface area contributed by atoms with Crippen LogP contribution in [0.15, 0.2) is 18.3 Å². The third-order valence-electron chi connectivity index (χ3n) is 2.41. The molecule has 2 N–H and O–H groups in total. The number of rotatable bonds is 1. The van der Waals surface area contributed by atoms with Crippen molar-refractivity contribution in [3.05, 3.63) is 24.0 Å². The van der Waals surface area contributed by atoms with Crippen molar-refractivity contribution in [3.8, 4) is 5.75 Å². The number of hydrogen-bond donors (Lipinski definition) is 2. The van der Waals surface area contributed by atoms with E-state index in [1.165, 1.54) is 6.20 Å². The number of amidine groups is 1. The predicted molar refractivity (Wildman–Crippen MR) is 53.5 cm³/mol. The van der Waals surface area contributed by atoms with E-state index in [4.69, 9.17) is 10.5 Å². The minimum absolute atomic E-state index is 0.142. The molecule has 2 heterocycles. The van der Waals surface area contributed by atoms with E-state index in [1.807, 2.05) is 4.90 Å². The second-order valence-corrected chi connectivity index (χ2v) is 3.44. The maximum Gasteiger partial charge on any atom is 0.147 e. The van der Waals surface area contributed by atoms with Gasteiger partial charge in [-0.15, -0.1) is 0 Å². The first-order valence-electron chi connectivity index (χ1n) is 4.76. The van der Waals surface area contributed by atoms with Gasteiger partial charge in [0, 0.05) is 13.1 Å². The van der Waals surface area contributed by atoms with Gasteiger partial charge in [-0.1, -0.05) is 0 Å². The van der Waals surface area contributed by atoms with E-state index in [9.17, 15) is 0 Å². The van der Waals surface area contributed by atoms with Crippen LogP contribution in [0.4, 0.5) is 0 Å². The lowest BCUT2D eigenvalue weighted by Crippen LogP contribution is -2.28. The molecule has 0 radical (unpaired) electrons. The minimum Gasteiger partial charge on any atom is -0.506 e. The van der Waals surface area contributed by atoms with Gasteiger partial charge in [0.1, 0.15) is 17.3 Å². The third kappa shape index (κ3) is 1.69. The Bertz CT molecular complexity index is 328. The standard InChI is InChI=1S/C10H13N3O/c11-10(13-5-1-2-6-13)9-4-3-8(14)7-12-9/h3-4,7,11,14H,1-2,5-6H2. The van der Waals surface area contributed by atoms with Crippen LogP contribution in [-0.4, -0.2) is 33.9 Å². The van der Waals surface area contributed by atoms with Gasteiger partial charge in [-0.3, -0.25) is 5.41 Å². The first-order valence-corrected chi connectivity index (χ1v) is 4.76. The Hall–Kier alpha value is -1.58. The van der Waals surface area contributed by atoms with Gasteiger partial charge in [-0.25, -0.2) is 4.98 Å². The summed E-state index contributed by atoms with van der Waals surface area (Å²) in [4.78, 5) is 6.02. The summed E-state index contributed by atoms with van der Waals surface area (Å²) in [7, 11) is 0. The summed E-state index contributed by atoms with van der Waals surface area (Å²) in [5.74, 6) is 0.602. The normalized spacial score (nSPS) is 15.9. The molecular weight excluding hydrogens is 178 g/mol. The summed E-state index contributed by atoms with van der Waals surface area (Å²) in [5, 5.41) is 16.9. The molecule has 4 heteroatoms.